The third-order valence-electron chi connectivity index (χ3n) is 9.38. The molecule has 0 saturated heterocycles. The van der Waals surface area contributed by atoms with Gasteiger partial charge in [-0.15, -0.1) is 0 Å². The standard InChI is InChI=1S/C47H29N3O/c48-29-31-13-19-42-43-20-18-36(28-47(43)51-46(42)22-31)38-23-39(37-12-7-21-49-30-37)25-41(24-38)45-27-40(33-10-5-2-6-11-33)26-44(50-45)35-16-14-34(15-17-35)32-8-3-1-4-9-32/h1-28,30H. The quantitative estimate of drug-likeness (QED) is 0.179. The van der Waals surface area contributed by atoms with Gasteiger partial charge in [0.05, 0.1) is 23.0 Å². The summed E-state index contributed by atoms with van der Waals surface area (Å²) in [5.74, 6) is 0. The van der Waals surface area contributed by atoms with Crippen LogP contribution in [0, 0.1) is 11.3 Å². The number of furan rings is 1. The molecule has 0 amide bonds. The van der Waals surface area contributed by atoms with Gasteiger partial charge in [-0.2, -0.15) is 5.26 Å². The maximum Gasteiger partial charge on any atom is 0.136 e. The number of pyridine rings is 2. The van der Waals surface area contributed by atoms with Crippen LogP contribution in [0.25, 0.3) is 89.0 Å². The van der Waals surface area contributed by atoms with E-state index in [4.69, 9.17) is 9.40 Å². The Morgan fingerprint density at radius 1 is 0.412 bits per heavy atom. The molecule has 238 valence electrons. The van der Waals surface area contributed by atoms with Crippen molar-refractivity contribution in [1.82, 2.24) is 9.97 Å². The molecule has 0 fully saturated rings. The molecule has 51 heavy (non-hydrogen) atoms. The van der Waals surface area contributed by atoms with Crippen molar-refractivity contribution in [2.24, 2.45) is 0 Å². The van der Waals surface area contributed by atoms with Crippen LogP contribution in [-0.2, 0) is 0 Å². The number of hydrogen-bond acceptors (Lipinski definition) is 4. The molecule has 0 bridgehead atoms. The first-order valence-electron chi connectivity index (χ1n) is 16.8. The van der Waals surface area contributed by atoms with Gasteiger partial charge in [-0.05, 0) is 106 Å². The number of hydrogen-bond donors (Lipinski definition) is 0. The molecule has 0 radical (unpaired) electrons. The zero-order valence-electron chi connectivity index (χ0n) is 27.5. The molecular weight excluding hydrogens is 623 g/mol. The van der Waals surface area contributed by atoms with E-state index in [0.717, 1.165) is 72.3 Å². The fraction of sp³-hybridized carbons (Fsp3) is 0. The van der Waals surface area contributed by atoms with Crippen molar-refractivity contribution in [3.05, 3.63) is 182 Å². The molecule has 0 N–H and O–H groups in total. The molecule has 6 aromatic carbocycles. The molecule has 4 heteroatoms. The fourth-order valence-corrected chi connectivity index (χ4v) is 6.76. The number of nitrogens with zero attached hydrogens (tertiary/aromatic N) is 3. The molecule has 0 atom stereocenters. The van der Waals surface area contributed by atoms with Crippen LogP contribution in [0.15, 0.2) is 181 Å². The molecule has 9 rings (SSSR count). The summed E-state index contributed by atoms with van der Waals surface area (Å²) in [5, 5.41) is 11.4. The highest BCUT2D eigenvalue weighted by Gasteiger charge is 2.15. The van der Waals surface area contributed by atoms with E-state index in [-0.39, 0.29) is 0 Å². The fourth-order valence-electron chi connectivity index (χ4n) is 6.76. The van der Waals surface area contributed by atoms with Crippen LogP contribution in [0.5, 0.6) is 0 Å². The van der Waals surface area contributed by atoms with E-state index in [1.54, 1.807) is 12.3 Å². The number of nitriles is 1. The van der Waals surface area contributed by atoms with E-state index in [1.165, 1.54) is 11.1 Å². The number of benzene rings is 6. The topological polar surface area (TPSA) is 62.7 Å². The highest BCUT2D eigenvalue weighted by Crippen LogP contribution is 2.38. The Kier molecular flexibility index (Phi) is 7.50. The molecular formula is C47H29N3O. The van der Waals surface area contributed by atoms with Crippen molar-refractivity contribution in [2.45, 2.75) is 0 Å². The number of rotatable bonds is 6. The minimum atomic E-state index is 0.576. The first-order valence-corrected chi connectivity index (χ1v) is 16.8. The van der Waals surface area contributed by atoms with Gasteiger partial charge in [-0.25, -0.2) is 4.98 Å². The highest BCUT2D eigenvalue weighted by molar-refractivity contribution is 6.06. The first kappa shape index (κ1) is 30.0. The van der Waals surface area contributed by atoms with Gasteiger partial charge in [0.15, 0.2) is 0 Å². The van der Waals surface area contributed by atoms with Gasteiger partial charge in [0.25, 0.3) is 0 Å². The van der Waals surface area contributed by atoms with Crippen LogP contribution in [0.3, 0.4) is 0 Å². The predicted octanol–water partition coefficient (Wildman–Crippen LogP) is 12.2. The molecule has 0 unspecified atom stereocenters. The lowest BCUT2D eigenvalue weighted by Gasteiger charge is -2.14. The first-order chi connectivity index (χ1) is 25.2. The van der Waals surface area contributed by atoms with Gasteiger partial charge in [0.2, 0.25) is 0 Å². The van der Waals surface area contributed by atoms with E-state index < -0.39 is 0 Å². The van der Waals surface area contributed by atoms with Gasteiger partial charge < -0.3 is 4.42 Å². The summed E-state index contributed by atoms with van der Waals surface area (Å²) in [7, 11) is 0. The van der Waals surface area contributed by atoms with E-state index >= 15 is 0 Å². The maximum absolute atomic E-state index is 9.42. The molecule has 0 aliphatic carbocycles. The Balaban J connectivity index is 1.21. The molecule has 3 heterocycles. The minimum Gasteiger partial charge on any atom is -0.456 e. The average Bonchev–Trinajstić information content (AvgIpc) is 3.58. The van der Waals surface area contributed by atoms with E-state index in [1.807, 2.05) is 36.5 Å². The maximum atomic E-state index is 9.42. The monoisotopic (exact) mass is 651 g/mol. The summed E-state index contributed by atoms with van der Waals surface area (Å²) < 4.78 is 6.28. The number of aromatic nitrogens is 2. The van der Waals surface area contributed by atoms with E-state index in [0.29, 0.717) is 11.1 Å². The van der Waals surface area contributed by atoms with Crippen LogP contribution in [-0.4, -0.2) is 9.97 Å². The van der Waals surface area contributed by atoms with Crippen molar-refractivity contribution in [3.8, 4) is 73.1 Å². The largest absolute Gasteiger partial charge is 0.456 e. The third kappa shape index (κ3) is 5.84. The summed E-state index contributed by atoms with van der Waals surface area (Å²) >= 11 is 0. The van der Waals surface area contributed by atoms with Crippen molar-refractivity contribution in [3.63, 3.8) is 0 Å². The summed E-state index contributed by atoms with van der Waals surface area (Å²) in [5.41, 5.74) is 14.6. The lowest BCUT2D eigenvalue weighted by Crippen LogP contribution is -1.93. The third-order valence-corrected chi connectivity index (χ3v) is 9.38. The van der Waals surface area contributed by atoms with Gasteiger partial charge >= 0.3 is 0 Å². The SMILES string of the molecule is N#Cc1ccc2c(c1)oc1cc(-c3cc(-c4cccnc4)cc(-c4cc(-c5ccccc5)cc(-c5ccc(-c6ccccc6)cc5)n4)c3)ccc12. The van der Waals surface area contributed by atoms with Crippen LogP contribution in [0.4, 0.5) is 0 Å². The van der Waals surface area contributed by atoms with Crippen molar-refractivity contribution < 1.29 is 4.42 Å². The smallest absolute Gasteiger partial charge is 0.136 e. The summed E-state index contributed by atoms with van der Waals surface area (Å²) in [6.07, 6.45) is 3.69. The molecule has 3 aromatic heterocycles. The Bertz CT molecular complexity index is 2730. The Morgan fingerprint density at radius 3 is 1.63 bits per heavy atom. The molecule has 0 spiro atoms. The van der Waals surface area contributed by atoms with Crippen LogP contribution >= 0.6 is 0 Å². The van der Waals surface area contributed by atoms with Gasteiger partial charge in [0.1, 0.15) is 11.2 Å². The highest BCUT2D eigenvalue weighted by atomic mass is 16.3. The normalized spacial score (nSPS) is 11.1. The summed E-state index contributed by atoms with van der Waals surface area (Å²) in [6.45, 7) is 0. The molecule has 9 aromatic rings. The van der Waals surface area contributed by atoms with Crippen molar-refractivity contribution in [1.29, 1.82) is 5.26 Å². The lowest BCUT2D eigenvalue weighted by atomic mass is 9.93. The van der Waals surface area contributed by atoms with Gasteiger partial charge in [-0.3, -0.25) is 4.98 Å². The van der Waals surface area contributed by atoms with Crippen molar-refractivity contribution >= 4 is 21.9 Å². The molecule has 0 saturated carbocycles. The predicted molar refractivity (Wildman–Crippen MR) is 207 cm³/mol. The lowest BCUT2D eigenvalue weighted by molar-refractivity contribution is 0.669. The van der Waals surface area contributed by atoms with Gasteiger partial charge in [0, 0.05) is 39.9 Å². The molecule has 4 nitrogen and oxygen atoms in total. The van der Waals surface area contributed by atoms with E-state index in [9.17, 15) is 5.26 Å². The minimum absolute atomic E-state index is 0.576. The molecule has 0 aliphatic heterocycles. The van der Waals surface area contributed by atoms with Crippen molar-refractivity contribution in [2.75, 3.05) is 0 Å². The van der Waals surface area contributed by atoms with Crippen LogP contribution < -0.4 is 0 Å². The number of fused-ring (bicyclic) bond motifs is 3. The average molecular weight is 652 g/mol. The zero-order valence-corrected chi connectivity index (χ0v) is 27.5. The van der Waals surface area contributed by atoms with Gasteiger partial charge in [-0.1, -0.05) is 97.1 Å². The second-order valence-corrected chi connectivity index (χ2v) is 12.6. The van der Waals surface area contributed by atoms with E-state index in [2.05, 4.69) is 138 Å². The Labute approximate surface area is 295 Å². The second kappa shape index (κ2) is 12.7. The van der Waals surface area contributed by atoms with Crippen LogP contribution in [0.2, 0.25) is 0 Å². The molecule has 0 aliphatic rings. The summed E-state index contributed by atoms with van der Waals surface area (Å²) in [6, 6.07) is 58.6. The summed E-state index contributed by atoms with van der Waals surface area (Å²) in [4.78, 5) is 9.73. The Morgan fingerprint density at radius 2 is 0.941 bits per heavy atom. The zero-order chi connectivity index (χ0) is 34.1. The van der Waals surface area contributed by atoms with Crippen LogP contribution in [0.1, 0.15) is 5.56 Å². The second-order valence-electron chi connectivity index (χ2n) is 12.6. The Hall–Kier alpha value is -7.09.